The third-order valence-corrected chi connectivity index (χ3v) is 3.22. The van der Waals surface area contributed by atoms with E-state index < -0.39 is 4.92 Å². The molecule has 0 radical (unpaired) electrons. The molecule has 22 heavy (non-hydrogen) atoms. The Morgan fingerprint density at radius 1 is 1.27 bits per heavy atom. The number of amides is 1. The standard InChI is InChI=1S/C15H17N3O4/c1-16(2)13-7-6-11(9-14(13)18(20)21)15(19)17(3)10-12-5-4-8-22-12/h4-9H,10H2,1-3H3. The van der Waals surface area contributed by atoms with Crippen molar-refractivity contribution < 1.29 is 14.1 Å². The van der Waals surface area contributed by atoms with Crippen LogP contribution in [0.15, 0.2) is 41.0 Å². The summed E-state index contributed by atoms with van der Waals surface area (Å²) in [6.45, 7) is 0.301. The molecule has 0 aliphatic heterocycles. The highest BCUT2D eigenvalue weighted by molar-refractivity contribution is 5.95. The van der Waals surface area contributed by atoms with Gasteiger partial charge in [-0.15, -0.1) is 0 Å². The molecule has 0 spiro atoms. The largest absolute Gasteiger partial charge is 0.467 e. The molecule has 2 aromatic rings. The average molecular weight is 303 g/mol. The number of nitro groups is 1. The van der Waals surface area contributed by atoms with Gasteiger partial charge >= 0.3 is 0 Å². The van der Waals surface area contributed by atoms with Crippen molar-refractivity contribution in [2.75, 3.05) is 26.0 Å². The Morgan fingerprint density at radius 3 is 2.55 bits per heavy atom. The predicted molar refractivity (Wildman–Crippen MR) is 81.9 cm³/mol. The van der Waals surface area contributed by atoms with E-state index in [9.17, 15) is 14.9 Å². The lowest BCUT2D eigenvalue weighted by atomic mass is 10.1. The smallest absolute Gasteiger partial charge is 0.293 e. The monoisotopic (exact) mass is 303 g/mol. The van der Waals surface area contributed by atoms with Crippen molar-refractivity contribution in [3.05, 3.63) is 58.0 Å². The van der Waals surface area contributed by atoms with Crippen LogP contribution in [-0.2, 0) is 6.54 Å². The van der Waals surface area contributed by atoms with Crippen LogP contribution in [0.25, 0.3) is 0 Å². The molecule has 2 rings (SSSR count). The number of carbonyl (C=O) groups is 1. The van der Waals surface area contributed by atoms with E-state index in [0.717, 1.165) is 0 Å². The molecule has 0 aliphatic carbocycles. The maximum absolute atomic E-state index is 12.4. The zero-order valence-corrected chi connectivity index (χ0v) is 12.6. The Bertz CT molecular complexity index is 680. The first kappa shape index (κ1) is 15.6. The molecule has 0 saturated carbocycles. The summed E-state index contributed by atoms with van der Waals surface area (Å²) in [4.78, 5) is 26.1. The van der Waals surface area contributed by atoms with Gasteiger partial charge in [0.25, 0.3) is 11.6 Å². The van der Waals surface area contributed by atoms with Crippen molar-refractivity contribution >= 4 is 17.3 Å². The van der Waals surface area contributed by atoms with E-state index in [1.54, 1.807) is 50.3 Å². The predicted octanol–water partition coefficient (Wildman–Crippen LogP) is 2.53. The quantitative estimate of drug-likeness (QED) is 0.626. The van der Waals surface area contributed by atoms with Gasteiger partial charge in [-0.3, -0.25) is 14.9 Å². The van der Waals surface area contributed by atoms with Crippen molar-refractivity contribution in [2.24, 2.45) is 0 Å². The minimum Gasteiger partial charge on any atom is -0.467 e. The summed E-state index contributed by atoms with van der Waals surface area (Å²) in [7, 11) is 5.05. The highest BCUT2D eigenvalue weighted by Crippen LogP contribution is 2.28. The molecule has 1 heterocycles. The molecule has 0 fully saturated rings. The number of carbonyl (C=O) groups excluding carboxylic acids is 1. The zero-order valence-electron chi connectivity index (χ0n) is 12.6. The van der Waals surface area contributed by atoms with Crippen LogP contribution in [0.1, 0.15) is 16.1 Å². The molecular formula is C15H17N3O4. The number of anilines is 1. The van der Waals surface area contributed by atoms with Crippen LogP contribution in [0.3, 0.4) is 0 Å². The van der Waals surface area contributed by atoms with Crippen LogP contribution in [0.2, 0.25) is 0 Å². The number of rotatable bonds is 5. The second kappa shape index (κ2) is 6.30. The average Bonchev–Trinajstić information content (AvgIpc) is 2.98. The summed E-state index contributed by atoms with van der Waals surface area (Å²) in [6.07, 6.45) is 1.53. The van der Waals surface area contributed by atoms with Gasteiger partial charge in [0.15, 0.2) is 0 Å². The number of nitrogens with zero attached hydrogens (tertiary/aromatic N) is 3. The number of furan rings is 1. The van der Waals surface area contributed by atoms with E-state index in [1.807, 2.05) is 0 Å². The minimum atomic E-state index is -0.487. The molecule has 116 valence electrons. The fourth-order valence-corrected chi connectivity index (χ4v) is 2.11. The first-order valence-corrected chi connectivity index (χ1v) is 6.63. The lowest BCUT2D eigenvalue weighted by molar-refractivity contribution is -0.384. The van der Waals surface area contributed by atoms with Crippen LogP contribution in [0, 0.1) is 10.1 Å². The maximum Gasteiger partial charge on any atom is 0.293 e. The second-order valence-electron chi connectivity index (χ2n) is 5.10. The number of hydrogen-bond acceptors (Lipinski definition) is 5. The summed E-state index contributed by atoms with van der Waals surface area (Å²) < 4.78 is 5.19. The molecule has 0 atom stereocenters. The highest BCUT2D eigenvalue weighted by Gasteiger charge is 2.21. The SMILES string of the molecule is CN(Cc1ccco1)C(=O)c1ccc(N(C)C)c([N+](=O)[O-])c1. The van der Waals surface area contributed by atoms with E-state index in [2.05, 4.69) is 0 Å². The van der Waals surface area contributed by atoms with Gasteiger partial charge in [-0.05, 0) is 24.3 Å². The Kier molecular flexibility index (Phi) is 4.45. The summed E-state index contributed by atoms with van der Waals surface area (Å²) in [5, 5.41) is 11.2. The molecule has 0 N–H and O–H groups in total. The summed E-state index contributed by atoms with van der Waals surface area (Å²) in [5.74, 6) is 0.347. The Balaban J connectivity index is 2.26. The van der Waals surface area contributed by atoms with Crippen molar-refractivity contribution in [1.82, 2.24) is 4.90 Å². The van der Waals surface area contributed by atoms with Gasteiger partial charge in [0.1, 0.15) is 11.4 Å². The van der Waals surface area contributed by atoms with Crippen molar-refractivity contribution in [3.8, 4) is 0 Å². The van der Waals surface area contributed by atoms with Crippen molar-refractivity contribution in [3.63, 3.8) is 0 Å². The normalized spacial score (nSPS) is 10.3. The molecule has 0 bridgehead atoms. The molecule has 1 aromatic heterocycles. The number of benzene rings is 1. The van der Waals surface area contributed by atoms with Crippen molar-refractivity contribution in [1.29, 1.82) is 0 Å². The molecule has 1 aromatic carbocycles. The first-order valence-electron chi connectivity index (χ1n) is 6.63. The fraction of sp³-hybridized carbons (Fsp3) is 0.267. The lowest BCUT2D eigenvalue weighted by Gasteiger charge is -2.17. The Hall–Kier alpha value is -2.83. The van der Waals surface area contributed by atoms with Gasteiger partial charge in [-0.25, -0.2) is 0 Å². The molecule has 0 saturated heterocycles. The summed E-state index contributed by atoms with van der Waals surface area (Å²) >= 11 is 0. The van der Waals surface area contributed by atoms with Gasteiger partial charge < -0.3 is 14.2 Å². The minimum absolute atomic E-state index is 0.0951. The van der Waals surface area contributed by atoms with E-state index in [1.165, 1.54) is 17.2 Å². The van der Waals surface area contributed by atoms with Crippen LogP contribution in [-0.4, -0.2) is 36.9 Å². The van der Waals surface area contributed by atoms with E-state index >= 15 is 0 Å². The fourth-order valence-electron chi connectivity index (χ4n) is 2.11. The molecule has 7 heteroatoms. The first-order chi connectivity index (χ1) is 10.4. The van der Waals surface area contributed by atoms with Crippen LogP contribution in [0.4, 0.5) is 11.4 Å². The lowest BCUT2D eigenvalue weighted by Crippen LogP contribution is -2.26. The van der Waals surface area contributed by atoms with Gasteiger partial charge in [-0.2, -0.15) is 0 Å². The van der Waals surface area contributed by atoms with Crippen LogP contribution in [0.5, 0.6) is 0 Å². The summed E-state index contributed by atoms with van der Waals surface area (Å²) in [5.41, 5.74) is 0.629. The Labute approximate surface area is 127 Å². The zero-order chi connectivity index (χ0) is 16.3. The van der Waals surface area contributed by atoms with E-state index in [0.29, 0.717) is 18.0 Å². The highest BCUT2D eigenvalue weighted by atomic mass is 16.6. The molecular weight excluding hydrogens is 286 g/mol. The van der Waals surface area contributed by atoms with Crippen LogP contribution >= 0.6 is 0 Å². The van der Waals surface area contributed by atoms with E-state index in [-0.39, 0.29) is 17.2 Å². The third-order valence-electron chi connectivity index (χ3n) is 3.22. The summed E-state index contributed by atoms with van der Waals surface area (Å²) in [6, 6.07) is 7.97. The molecule has 7 nitrogen and oxygen atoms in total. The molecule has 0 aliphatic rings. The third kappa shape index (κ3) is 3.25. The number of nitro benzene ring substituents is 1. The Morgan fingerprint density at radius 2 is 2.00 bits per heavy atom. The van der Waals surface area contributed by atoms with Gasteiger partial charge in [0.2, 0.25) is 0 Å². The van der Waals surface area contributed by atoms with Gasteiger partial charge in [-0.1, -0.05) is 0 Å². The van der Waals surface area contributed by atoms with Gasteiger partial charge in [0.05, 0.1) is 17.7 Å². The van der Waals surface area contributed by atoms with Gasteiger partial charge in [0, 0.05) is 32.8 Å². The molecule has 1 amide bonds. The second-order valence-corrected chi connectivity index (χ2v) is 5.10. The van der Waals surface area contributed by atoms with E-state index in [4.69, 9.17) is 4.42 Å². The molecule has 0 unspecified atom stereocenters. The maximum atomic E-state index is 12.4. The topological polar surface area (TPSA) is 79.8 Å². The van der Waals surface area contributed by atoms with Crippen molar-refractivity contribution in [2.45, 2.75) is 6.54 Å². The number of hydrogen-bond donors (Lipinski definition) is 0. The van der Waals surface area contributed by atoms with Crippen LogP contribution < -0.4 is 4.90 Å².